The highest BCUT2D eigenvalue weighted by atomic mass is 32.2. The maximum Gasteiger partial charge on any atom is 0.244 e. The third-order valence-corrected chi connectivity index (χ3v) is 5.38. The predicted octanol–water partition coefficient (Wildman–Crippen LogP) is -0.549. The molecule has 7 heteroatoms. The molecule has 22 heavy (non-hydrogen) atoms. The van der Waals surface area contributed by atoms with Crippen molar-refractivity contribution in [1.82, 2.24) is 4.72 Å². The van der Waals surface area contributed by atoms with Gasteiger partial charge in [0.25, 0.3) is 0 Å². The number of nitrogens with one attached hydrogen (secondary N) is 2. The van der Waals surface area contributed by atoms with Crippen LogP contribution < -0.4 is 14.4 Å². The van der Waals surface area contributed by atoms with Crippen LogP contribution in [0.25, 0.3) is 0 Å². The fraction of sp³-hybridized carbons (Fsp3) is 0.600. The van der Waals surface area contributed by atoms with Crippen LogP contribution in [0.3, 0.4) is 0 Å². The largest absolute Gasteiger partial charge is 0.495 e. The molecule has 0 saturated carbocycles. The molecule has 1 aliphatic heterocycles. The minimum Gasteiger partial charge on any atom is -0.495 e. The molecule has 1 aliphatic rings. The van der Waals surface area contributed by atoms with E-state index in [1.165, 1.54) is 12.0 Å². The Morgan fingerprint density at radius 3 is 2.68 bits per heavy atom. The van der Waals surface area contributed by atoms with Crippen LogP contribution >= 0.6 is 0 Å². The number of ether oxygens (including phenoxy) is 2. The van der Waals surface area contributed by atoms with Gasteiger partial charge in [-0.25, -0.2) is 13.1 Å². The Bertz CT molecular complexity index is 583. The monoisotopic (exact) mass is 329 g/mol. The number of quaternary nitrogens is 1. The van der Waals surface area contributed by atoms with Gasteiger partial charge in [-0.1, -0.05) is 13.0 Å². The van der Waals surface area contributed by atoms with Gasteiger partial charge in [0.1, 0.15) is 23.7 Å². The fourth-order valence-electron chi connectivity index (χ4n) is 2.50. The summed E-state index contributed by atoms with van der Waals surface area (Å²) < 4.78 is 38.2. The number of sulfonamides is 1. The Kier molecular flexibility index (Phi) is 6.19. The topological polar surface area (TPSA) is 69.1 Å². The minimum atomic E-state index is -3.56. The quantitative estimate of drug-likeness (QED) is 0.704. The normalized spacial score (nSPS) is 16.6. The highest BCUT2D eigenvalue weighted by Gasteiger charge is 2.21. The van der Waals surface area contributed by atoms with Crippen LogP contribution in [0, 0.1) is 0 Å². The van der Waals surface area contributed by atoms with E-state index < -0.39 is 10.0 Å². The van der Waals surface area contributed by atoms with Crippen molar-refractivity contribution in [2.24, 2.45) is 0 Å². The zero-order valence-corrected chi connectivity index (χ0v) is 14.0. The van der Waals surface area contributed by atoms with E-state index in [9.17, 15) is 8.42 Å². The molecule has 0 aromatic heterocycles. The third kappa shape index (κ3) is 4.42. The van der Waals surface area contributed by atoms with Crippen molar-refractivity contribution in [2.75, 3.05) is 46.5 Å². The maximum atomic E-state index is 12.5. The summed E-state index contributed by atoms with van der Waals surface area (Å²) in [5.41, 5.74) is 0.972. The fourth-order valence-corrected chi connectivity index (χ4v) is 3.75. The molecular weight excluding hydrogens is 304 g/mol. The molecule has 0 bridgehead atoms. The first-order valence-electron chi connectivity index (χ1n) is 7.64. The van der Waals surface area contributed by atoms with Crippen LogP contribution in [0.15, 0.2) is 23.1 Å². The molecule has 2 N–H and O–H groups in total. The highest BCUT2D eigenvalue weighted by Crippen LogP contribution is 2.24. The molecule has 1 fully saturated rings. The van der Waals surface area contributed by atoms with Gasteiger partial charge in [-0.3, -0.25) is 0 Å². The van der Waals surface area contributed by atoms with Crippen molar-refractivity contribution in [2.45, 2.75) is 18.2 Å². The molecule has 1 heterocycles. The van der Waals surface area contributed by atoms with Crippen LogP contribution in [-0.4, -0.2) is 54.9 Å². The molecule has 1 aromatic rings. The van der Waals surface area contributed by atoms with Crippen LogP contribution in [-0.2, 0) is 21.2 Å². The lowest BCUT2D eigenvalue weighted by Crippen LogP contribution is -3.14. The summed E-state index contributed by atoms with van der Waals surface area (Å²) >= 11 is 0. The van der Waals surface area contributed by atoms with Crippen LogP contribution in [0.4, 0.5) is 0 Å². The lowest BCUT2D eigenvalue weighted by Gasteiger charge is -2.23. The van der Waals surface area contributed by atoms with Crippen molar-refractivity contribution < 1.29 is 22.8 Å². The Balaban J connectivity index is 2.02. The zero-order chi connectivity index (χ0) is 16.0. The first kappa shape index (κ1) is 17.2. The Morgan fingerprint density at radius 1 is 1.32 bits per heavy atom. The van der Waals surface area contributed by atoms with E-state index in [2.05, 4.69) is 4.72 Å². The molecule has 1 saturated heterocycles. The molecular formula is C15H25N2O4S+. The average molecular weight is 329 g/mol. The summed E-state index contributed by atoms with van der Waals surface area (Å²) in [5, 5.41) is 0. The van der Waals surface area contributed by atoms with Gasteiger partial charge in [0.2, 0.25) is 10.0 Å². The Hall–Kier alpha value is -1.15. The molecule has 0 radical (unpaired) electrons. The predicted molar refractivity (Wildman–Crippen MR) is 83.9 cm³/mol. The molecule has 1 aromatic carbocycles. The summed E-state index contributed by atoms with van der Waals surface area (Å²) in [7, 11) is -2.07. The summed E-state index contributed by atoms with van der Waals surface area (Å²) in [6.45, 7) is 6.51. The van der Waals surface area contributed by atoms with Gasteiger partial charge in [-0.05, 0) is 24.1 Å². The number of hydrogen-bond donors (Lipinski definition) is 2. The number of aryl methyl sites for hydroxylation is 1. The van der Waals surface area contributed by atoms with Crippen LogP contribution in [0.2, 0.25) is 0 Å². The molecule has 0 amide bonds. The minimum absolute atomic E-state index is 0.214. The van der Waals surface area contributed by atoms with Gasteiger partial charge in [0.15, 0.2) is 0 Å². The van der Waals surface area contributed by atoms with E-state index in [-0.39, 0.29) is 4.90 Å². The molecule has 0 unspecified atom stereocenters. The van der Waals surface area contributed by atoms with E-state index in [4.69, 9.17) is 9.47 Å². The lowest BCUT2D eigenvalue weighted by molar-refractivity contribution is -0.906. The molecule has 2 rings (SSSR count). The second-order valence-electron chi connectivity index (χ2n) is 5.35. The van der Waals surface area contributed by atoms with Gasteiger partial charge >= 0.3 is 0 Å². The summed E-state index contributed by atoms with van der Waals surface area (Å²) in [6, 6.07) is 5.28. The summed E-state index contributed by atoms with van der Waals surface area (Å²) in [4.78, 5) is 1.58. The lowest BCUT2D eigenvalue weighted by atomic mass is 10.2. The molecule has 124 valence electrons. The second kappa shape index (κ2) is 7.92. The smallest absolute Gasteiger partial charge is 0.244 e. The zero-order valence-electron chi connectivity index (χ0n) is 13.2. The molecule has 0 spiro atoms. The summed E-state index contributed by atoms with van der Waals surface area (Å²) in [5.74, 6) is 0.378. The van der Waals surface area contributed by atoms with Gasteiger partial charge in [0.05, 0.1) is 33.4 Å². The number of benzene rings is 1. The van der Waals surface area contributed by atoms with Crippen molar-refractivity contribution in [3.05, 3.63) is 23.8 Å². The van der Waals surface area contributed by atoms with Crippen molar-refractivity contribution in [1.29, 1.82) is 0 Å². The van der Waals surface area contributed by atoms with E-state index in [1.54, 1.807) is 12.1 Å². The molecule has 0 aliphatic carbocycles. The Morgan fingerprint density at radius 2 is 2.05 bits per heavy atom. The standard InChI is InChI=1S/C15H24N2O4S/c1-3-13-4-5-14(20-2)15(12-13)22(18,19)16-6-7-17-8-10-21-11-9-17/h4-5,12,16H,3,6-11H2,1-2H3/p+1. The van der Waals surface area contributed by atoms with E-state index in [0.717, 1.165) is 44.8 Å². The number of morpholine rings is 1. The second-order valence-corrected chi connectivity index (χ2v) is 7.08. The maximum absolute atomic E-state index is 12.5. The number of hydrogen-bond acceptors (Lipinski definition) is 4. The molecule has 6 nitrogen and oxygen atoms in total. The Labute approximate surface area is 132 Å². The molecule has 0 atom stereocenters. The van der Waals surface area contributed by atoms with E-state index in [1.807, 2.05) is 13.0 Å². The van der Waals surface area contributed by atoms with Gasteiger partial charge < -0.3 is 14.4 Å². The SMILES string of the molecule is CCc1ccc(OC)c(S(=O)(=O)NCC[NH+]2CCOCC2)c1. The number of rotatable bonds is 7. The van der Waals surface area contributed by atoms with Crippen LogP contribution in [0.1, 0.15) is 12.5 Å². The van der Waals surface area contributed by atoms with Crippen molar-refractivity contribution in [3.63, 3.8) is 0 Å². The van der Waals surface area contributed by atoms with Crippen molar-refractivity contribution >= 4 is 10.0 Å². The average Bonchev–Trinajstić information content (AvgIpc) is 2.55. The third-order valence-electron chi connectivity index (χ3n) is 3.90. The van der Waals surface area contributed by atoms with Crippen LogP contribution in [0.5, 0.6) is 5.75 Å². The first-order valence-corrected chi connectivity index (χ1v) is 9.13. The first-order chi connectivity index (χ1) is 10.6. The summed E-state index contributed by atoms with van der Waals surface area (Å²) in [6.07, 6.45) is 0.782. The highest BCUT2D eigenvalue weighted by molar-refractivity contribution is 7.89. The van der Waals surface area contributed by atoms with Crippen molar-refractivity contribution in [3.8, 4) is 5.75 Å². The van der Waals surface area contributed by atoms with Gasteiger partial charge in [-0.15, -0.1) is 0 Å². The number of methoxy groups -OCH3 is 1. The van der Waals surface area contributed by atoms with Gasteiger partial charge in [-0.2, -0.15) is 0 Å². The van der Waals surface area contributed by atoms with E-state index >= 15 is 0 Å². The van der Waals surface area contributed by atoms with Gasteiger partial charge in [0, 0.05) is 0 Å². The van der Waals surface area contributed by atoms with E-state index in [0.29, 0.717) is 12.3 Å².